The van der Waals surface area contributed by atoms with Gasteiger partial charge >= 0.3 is 0 Å². The Hall–Kier alpha value is -2.24. The highest BCUT2D eigenvalue weighted by Gasteiger charge is 2.24. The Morgan fingerprint density at radius 3 is 3.00 bits per heavy atom. The van der Waals surface area contributed by atoms with Gasteiger partial charge in [0.1, 0.15) is 5.82 Å². The topological polar surface area (TPSA) is 79.6 Å². The van der Waals surface area contributed by atoms with Crippen molar-refractivity contribution in [1.29, 1.82) is 0 Å². The molecule has 28 heavy (non-hydrogen) atoms. The van der Waals surface area contributed by atoms with Crippen LogP contribution in [0.1, 0.15) is 59.9 Å². The summed E-state index contributed by atoms with van der Waals surface area (Å²) in [6, 6.07) is 9.30. The number of nitrogens with two attached hydrogens (primary N) is 1. The van der Waals surface area contributed by atoms with Gasteiger partial charge in [-0.25, -0.2) is 4.98 Å². The molecule has 4 N–H and O–H groups in total. The van der Waals surface area contributed by atoms with E-state index in [1.165, 1.54) is 28.8 Å². The van der Waals surface area contributed by atoms with Gasteiger partial charge < -0.3 is 16.0 Å². The number of hydrogen-bond donors (Lipinski definition) is 3. The van der Waals surface area contributed by atoms with Gasteiger partial charge in [0.2, 0.25) is 0 Å². The van der Waals surface area contributed by atoms with Gasteiger partial charge in [0.25, 0.3) is 0 Å². The number of nitrogens with one attached hydrogen (secondary N) is 2. The number of aromatic nitrogens is 3. The van der Waals surface area contributed by atoms with Gasteiger partial charge in [-0.05, 0) is 87.4 Å². The molecule has 0 aliphatic heterocycles. The zero-order valence-electron chi connectivity index (χ0n) is 17.0. The van der Waals surface area contributed by atoms with Crippen LogP contribution in [-0.2, 0) is 12.8 Å². The Morgan fingerprint density at radius 2 is 2.14 bits per heavy atom. The fraction of sp³-hybridized carbons (Fsp3) is 0.478. The Labute approximate surface area is 167 Å². The van der Waals surface area contributed by atoms with Gasteiger partial charge in [0.15, 0.2) is 0 Å². The normalized spacial score (nSPS) is 17.6. The lowest BCUT2D eigenvalue weighted by Crippen LogP contribution is -2.37. The Bertz CT molecular complexity index is 906. The van der Waals surface area contributed by atoms with E-state index in [2.05, 4.69) is 47.3 Å². The maximum absolute atomic E-state index is 5.81. The molecule has 1 aliphatic rings. The lowest BCUT2D eigenvalue weighted by atomic mass is 9.91. The van der Waals surface area contributed by atoms with Gasteiger partial charge in [-0.3, -0.25) is 4.98 Å². The summed E-state index contributed by atoms with van der Waals surface area (Å²) in [5.74, 6) is 1.05. The van der Waals surface area contributed by atoms with Crippen LogP contribution in [0.3, 0.4) is 0 Å². The predicted molar refractivity (Wildman–Crippen MR) is 114 cm³/mol. The van der Waals surface area contributed by atoms with Crippen LogP contribution in [0, 0.1) is 13.8 Å². The first-order chi connectivity index (χ1) is 13.6. The van der Waals surface area contributed by atoms with Crippen LogP contribution in [0.2, 0.25) is 0 Å². The molecule has 2 aromatic heterocycles. The first-order valence-corrected chi connectivity index (χ1v) is 10.5. The number of hydrogen-bond acceptors (Lipinski definition) is 4. The lowest BCUT2D eigenvalue weighted by molar-refractivity contribution is 0.363. The average Bonchev–Trinajstić information content (AvgIpc) is 3.07. The van der Waals surface area contributed by atoms with Crippen LogP contribution in [0.5, 0.6) is 0 Å². The smallest absolute Gasteiger partial charge is 0.108 e. The summed E-state index contributed by atoms with van der Waals surface area (Å²) in [5.41, 5.74) is 13.2. The van der Waals surface area contributed by atoms with E-state index in [0.29, 0.717) is 12.1 Å². The summed E-state index contributed by atoms with van der Waals surface area (Å²) >= 11 is 0. The van der Waals surface area contributed by atoms with Crippen molar-refractivity contribution in [2.45, 2.75) is 64.5 Å². The molecule has 4 rings (SSSR count). The van der Waals surface area contributed by atoms with E-state index in [0.717, 1.165) is 55.5 Å². The molecule has 0 fully saturated rings. The Kier molecular flexibility index (Phi) is 5.74. The fourth-order valence-electron chi connectivity index (χ4n) is 4.32. The van der Waals surface area contributed by atoms with Crippen molar-refractivity contribution in [3.63, 3.8) is 0 Å². The van der Waals surface area contributed by atoms with Crippen LogP contribution >= 0.6 is 0 Å². The summed E-state index contributed by atoms with van der Waals surface area (Å²) in [5, 5.41) is 3.88. The van der Waals surface area contributed by atoms with E-state index >= 15 is 0 Å². The maximum atomic E-state index is 5.81. The van der Waals surface area contributed by atoms with Crippen LogP contribution in [-0.4, -0.2) is 27.5 Å². The van der Waals surface area contributed by atoms with Crippen LogP contribution in [0.4, 0.5) is 0 Å². The van der Waals surface area contributed by atoms with Crippen molar-refractivity contribution >= 4 is 11.0 Å². The summed E-state index contributed by atoms with van der Waals surface area (Å²) in [4.78, 5) is 13.1. The molecule has 1 aromatic carbocycles. The summed E-state index contributed by atoms with van der Waals surface area (Å²) < 4.78 is 0. The molecule has 2 atom stereocenters. The molecule has 0 bridgehead atoms. The van der Waals surface area contributed by atoms with Crippen molar-refractivity contribution in [1.82, 2.24) is 20.3 Å². The molecule has 0 saturated heterocycles. The number of H-pyrrole nitrogens is 1. The van der Waals surface area contributed by atoms with E-state index in [1.807, 2.05) is 12.3 Å². The third-order valence-electron chi connectivity index (χ3n) is 5.97. The number of benzene rings is 1. The van der Waals surface area contributed by atoms with Crippen LogP contribution in [0.25, 0.3) is 11.0 Å². The second-order valence-corrected chi connectivity index (χ2v) is 8.13. The number of pyridine rings is 1. The highest BCUT2D eigenvalue weighted by atomic mass is 15.0. The predicted octanol–water partition coefficient (Wildman–Crippen LogP) is 3.89. The highest BCUT2D eigenvalue weighted by Crippen LogP contribution is 2.29. The lowest BCUT2D eigenvalue weighted by Gasteiger charge is -2.29. The molecule has 5 nitrogen and oxygen atoms in total. The van der Waals surface area contributed by atoms with Gasteiger partial charge in [0.05, 0.1) is 16.7 Å². The van der Waals surface area contributed by atoms with Crippen LogP contribution < -0.4 is 11.1 Å². The molecule has 2 heterocycles. The van der Waals surface area contributed by atoms with E-state index < -0.39 is 0 Å². The first-order valence-electron chi connectivity index (χ1n) is 10.5. The summed E-state index contributed by atoms with van der Waals surface area (Å²) in [6.07, 6.45) is 8.34. The molecule has 0 radical (unpaired) electrons. The Morgan fingerprint density at radius 1 is 1.29 bits per heavy atom. The molecule has 5 heteroatoms. The molecular formula is C23H31N5. The van der Waals surface area contributed by atoms with E-state index in [-0.39, 0.29) is 0 Å². The summed E-state index contributed by atoms with van der Waals surface area (Å²) in [7, 11) is 0. The fourth-order valence-corrected chi connectivity index (χ4v) is 4.32. The Balaban J connectivity index is 1.54. The van der Waals surface area contributed by atoms with Crippen molar-refractivity contribution in [3.8, 4) is 0 Å². The van der Waals surface area contributed by atoms with E-state index in [4.69, 9.17) is 10.7 Å². The second-order valence-electron chi connectivity index (χ2n) is 8.13. The van der Waals surface area contributed by atoms with Gasteiger partial charge in [-0.15, -0.1) is 0 Å². The largest absolute Gasteiger partial charge is 0.342 e. The minimum absolute atomic E-state index is 0.321. The van der Waals surface area contributed by atoms with E-state index in [9.17, 15) is 0 Å². The zero-order valence-corrected chi connectivity index (χ0v) is 17.0. The van der Waals surface area contributed by atoms with Crippen molar-refractivity contribution in [2.75, 3.05) is 6.54 Å². The maximum Gasteiger partial charge on any atom is 0.108 e. The van der Waals surface area contributed by atoms with Gasteiger partial charge in [-0.2, -0.15) is 0 Å². The molecular weight excluding hydrogens is 346 g/mol. The molecule has 3 aromatic rings. The van der Waals surface area contributed by atoms with Crippen molar-refractivity contribution in [3.05, 3.63) is 58.7 Å². The number of imidazole rings is 1. The molecule has 0 amide bonds. The highest BCUT2D eigenvalue weighted by molar-refractivity contribution is 5.77. The average molecular weight is 378 g/mol. The molecule has 0 saturated carbocycles. The molecule has 0 spiro atoms. The number of rotatable bonds is 7. The number of aromatic amines is 1. The second kappa shape index (κ2) is 8.41. The minimum Gasteiger partial charge on any atom is -0.342 e. The van der Waals surface area contributed by atoms with Gasteiger partial charge in [0, 0.05) is 24.7 Å². The van der Waals surface area contributed by atoms with Crippen molar-refractivity contribution < 1.29 is 0 Å². The third-order valence-corrected chi connectivity index (χ3v) is 5.97. The van der Waals surface area contributed by atoms with Crippen LogP contribution in [0.15, 0.2) is 30.5 Å². The van der Waals surface area contributed by atoms with Crippen molar-refractivity contribution in [2.24, 2.45) is 5.73 Å². The third kappa shape index (κ3) is 4.10. The first kappa shape index (κ1) is 19.1. The molecule has 148 valence electrons. The van der Waals surface area contributed by atoms with E-state index in [1.54, 1.807) is 0 Å². The quantitative estimate of drug-likeness (QED) is 0.583. The summed E-state index contributed by atoms with van der Waals surface area (Å²) in [6.45, 7) is 5.01. The standard InChI is InChI=1S/C23H31N5/c1-15-12-20-21(13-16(15)2)28-22(27-20)14-18(8-4-10-24)26-19-9-3-6-17-7-5-11-25-23(17)19/h5,7,11-13,18-19,26H,3-4,6,8-10,14,24H2,1-2H3,(H,27,28). The number of aryl methyl sites for hydroxylation is 3. The molecule has 2 unspecified atom stereocenters. The molecule has 1 aliphatic carbocycles. The minimum atomic E-state index is 0.321. The zero-order chi connectivity index (χ0) is 19.5. The number of fused-ring (bicyclic) bond motifs is 2. The SMILES string of the molecule is Cc1cc2nc(CC(CCCN)NC3CCCc4cccnc43)[nH]c2cc1C. The monoisotopic (exact) mass is 377 g/mol. The number of nitrogens with zero attached hydrogens (tertiary/aromatic N) is 2. The van der Waals surface area contributed by atoms with Gasteiger partial charge in [-0.1, -0.05) is 6.07 Å².